The highest BCUT2D eigenvalue weighted by Crippen LogP contribution is 2.40. The topological polar surface area (TPSA) is 50.7 Å². The first-order chi connectivity index (χ1) is 15.3. The minimum Gasteiger partial charge on any atom is -0.488 e. The van der Waals surface area contributed by atoms with Crippen molar-refractivity contribution in [1.82, 2.24) is 5.43 Å². The number of carbonyl (C=O) groups excluding carboxylic acids is 1. The Hall–Kier alpha value is -3.66. The fourth-order valence-corrected chi connectivity index (χ4v) is 4.21. The quantitative estimate of drug-likeness (QED) is 0.425. The molecule has 0 heterocycles. The summed E-state index contributed by atoms with van der Waals surface area (Å²) in [6, 6.07) is 25.7. The molecule has 0 spiro atoms. The second-order valence-corrected chi connectivity index (χ2v) is 8.03. The van der Waals surface area contributed by atoms with Crippen molar-refractivity contribution in [2.75, 3.05) is 0 Å². The van der Waals surface area contributed by atoms with E-state index in [0.29, 0.717) is 24.0 Å². The number of hydrogen-bond acceptors (Lipinski definition) is 3. The van der Waals surface area contributed by atoms with E-state index in [9.17, 15) is 4.79 Å². The van der Waals surface area contributed by atoms with Crippen molar-refractivity contribution in [2.24, 2.45) is 16.9 Å². The molecule has 0 bridgehead atoms. The summed E-state index contributed by atoms with van der Waals surface area (Å²) < 4.78 is 6.09. The Bertz CT molecular complexity index is 1130. The van der Waals surface area contributed by atoms with Crippen molar-refractivity contribution in [3.05, 3.63) is 102 Å². The van der Waals surface area contributed by atoms with E-state index < -0.39 is 0 Å². The van der Waals surface area contributed by atoms with Crippen LogP contribution in [-0.4, -0.2) is 11.6 Å². The predicted molar refractivity (Wildman–Crippen MR) is 123 cm³/mol. The highest BCUT2D eigenvalue weighted by molar-refractivity contribution is 5.98. The number of carbonyl (C=O) groups is 1. The molecular weight excluding hydrogens is 384 g/mol. The summed E-state index contributed by atoms with van der Waals surface area (Å²) in [5.74, 6) is 1.79. The second kappa shape index (κ2) is 8.60. The molecule has 0 unspecified atom stereocenters. The zero-order valence-corrected chi connectivity index (χ0v) is 17.2. The van der Waals surface area contributed by atoms with Crippen LogP contribution < -0.4 is 10.2 Å². The van der Waals surface area contributed by atoms with Crippen LogP contribution in [0.1, 0.15) is 28.8 Å². The molecule has 0 radical (unpaired) electrons. The van der Waals surface area contributed by atoms with Crippen LogP contribution >= 0.6 is 0 Å². The lowest BCUT2D eigenvalue weighted by atomic mass is 9.74. The molecule has 3 aromatic rings. The van der Waals surface area contributed by atoms with E-state index in [1.807, 2.05) is 60.7 Å². The number of benzene rings is 3. The molecule has 0 aromatic heterocycles. The lowest BCUT2D eigenvalue weighted by Crippen LogP contribution is -2.35. The van der Waals surface area contributed by atoms with Crippen LogP contribution in [0.25, 0.3) is 11.1 Å². The van der Waals surface area contributed by atoms with Gasteiger partial charge in [0.15, 0.2) is 0 Å². The van der Waals surface area contributed by atoms with Gasteiger partial charge in [-0.25, -0.2) is 5.43 Å². The largest absolute Gasteiger partial charge is 0.488 e. The molecule has 5 rings (SSSR count). The van der Waals surface area contributed by atoms with Crippen molar-refractivity contribution in [1.29, 1.82) is 0 Å². The summed E-state index contributed by atoms with van der Waals surface area (Å²) in [6.07, 6.45) is 6.47. The first-order valence-corrected chi connectivity index (χ1v) is 10.7. The van der Waals surface area contributed by atoms with Gasteiger partial charge in [0.2, 0.25) is 0 Å². The van der Waals surface area contributed by atoms with E-state index >= 15 is 0 Å². The summed E-state index contributed by atoms with van der Waals surface area (Å²) >= 11 is 0. The minimum absolute atomic E-state index is 0.177. The number of hydrazone groups is 1. The molecule has 154 valence electrons. The van der Waals surface area contributed by atoms with E-state index in [0.717, 1.165) is 41.0 Å². The molecule has 2 aliphatic rings. The summed E-state index contributed by atoms with van der Waals surface area (Å²) in [7, 11) is 0. The van der Waals surface area contributed by atoms with Gasteiger partial charge in [0.1, 0.15) is 12.4 Å². The fourth-order valence-electron chi connectivity index (χ4n) is 4.21. The lowest BCUT2D eigenvalue weighted by molar-refractivity contribution is 0.0954. The Kier molecular flexibility index (Phi) is 5.36. The second-order valence-electron chi connectivity index (χ2n) is 8.03. The van der Waals surface area contributed by atoms with Crippen molar-refractivity contribution >= 4 is 11.6 Å². The lowest BCUT2D eigenvalue weighted by Gasteiger charge is -2.31. The first-order valence-electron chi connectivity index (χ1n) is 10.7. The zero-order valence-electron chi connectivity index (χ0n) is 17.2. The normalized spacial score (nSPS) is 20.2. The van der Waals surface area contributed by atoms with Crippen molar-refractivity contribution in [2.45, 2.75) is 19.4 Å². The maximum Gasteiger partial charge on any atom is 0.271 e. The maximum atomic E-state index is 12.4. The number of nitrogens with one attached hydrogen (secondary N) is 1. The van der Waals surface area contributed by atoms with Gasteiger partial charge < -0.3 is 4.74 Å². The molecule has 1 saturated carbocycles. The van der Waals surface area contributed by atoms with E-state index in [2.05, 4.69) is 40.9 Å². The van der Waals surface area contributed by atoms with E-state index in [1.165, 1.54) is 0 Å². The van der Waals surface area contributed by atoms with Gasteiger partial charge in [-0.1, -0.05) is 72.8 Å². The number of amides is 1. The summed E-state index contributed by atoms with van der Waals surface area (Å²) in [4.78, 5) is 12.4. The SMILES string of the molecule is O=C(N/N=C1/C[C@@H]2C=CC[C@H]12)c1ccc(COc2ccccc2-c2ccccc2)cc1. The van der Waals surface area contributed by atoms with E-state index in [-0.39, 0.29) is 5.91 Å². The van der Waals surface area contributed by atoms with Crippen LogP contribution in [0.5, 0.6) is 5.75 Å². The Morgan fingerprint density at radius 1 is 0.968 bits per heavy atom. The molecule has 1 amide bonds. The van der Waals surface area contributed by atoms with Gasteiger partial charge in [-0.05, 0) is 48.1 Å². The van der Waals surface area contributed by atoms with Gasteiger partial charge in [-0.15, -0.1) is 0 Å². The van der Waals surface area contributed by atoms with Crippen molar-refractivity contribution in [3.63, 3.8) is 0 Å². The molecule has 1 fully saturated rings. The molecule has 1 N–H and O–H groups in total. The van der Waals surface area contributed by atoms with Gasteiger partial charge >= 0.3 is 0 Å². The number of hydrogen-bond donors (Lipinski definition) is 1. The third kappa shape index (κ3) is 4.15. The molecular formula is C27H24N2O2. The molecule has 4 heteroatoms. The van der Waals surface area contributed by atoms with Gasteiger partial charge in [0.05, 0.1) is 0 Å². The Labute approximate surface area is 182 Å². The van der Waals surface area contributed by atoms with Gasteiger partial charge in [-0.2, -0.15) is 5.10 Å². The highest BCUT2D eigenvalue weighted by Gasteiger charge is 2.38. The number of para-hydroxylation sites is 1. The van der Waals surface area contributed by atoms with Crippen LogP contribution in [0.4, 0.5) is 0 Å². The van der Waals surface area contributed by atoms with E-state index in [4.69, 9.17) is 4.74 Å². The third-order valence-corrected chi connectivity index (χ3v) is 6.05. The van der Waals surface area contributed by atoms with Crippen LogP contribution in [0.3, 0.4) is 0 Å². The molecule has 0 saturated heterocycles. The van der Waals surface area contributed by atoms with Gasteiger partial charge in [0, 0.05) is 22.8 Å². The number of fused-ring (bicyclic) bond motifs is 1. The Morgan fingerprint density at radius 3 is 2.55 bits per heavy atom. The fraction of sp³-hybridized carbons (Fsp3) is 0.185. The number of allylic oxidation sites excluding steroid dienone is 2. The molecule has 3 aromatic carbocycles. The molecule has 2 atom stereocenters. The maximum absolute atomic E-state index is 12.4. The molecule has 4 nitrogen and oxygen atoms in total. The number of rotatable bonds is 6. The minimum atomic E-state index is -0.177. The Morgan fingerprint density at radius 2 is 1.74 bits per heavy atom. The van der Waals surface area contributed by atoms with Gasteiger partial charge in [0.25, 0.3) is 5.91 Å². The van der Waals surface area contributed by atoms with E-state index in [1.54, 1.807) is 0 Å². The summed E-state index contributed by atoms with van der Waals surface area (Å²) in [5, 5.41) is 4.34. The Balaban J connectivity index is 1.20. The number of ether oxygens (including phenoxy) is 1. The smallest absolute Gasteiger partial charge is 0.271 e. The van der Waals surface area contributed by atoms with Gasteiger partial charge in [-0.3, -0.25) is 4.79 Å². The van der Waals surface area contributed by atoms with Crippen molar-refractivity contribution in [3.8, 4) is 16.9 Å². The predicted octanol–water partition coefficient (Wildman–Crippen LogP) is 5.61. The highest BCUT2D eigenvalue weighted by atomic mass is 16.5. The molecule has 0 aliphatic heterocycles. The standard InChI is InChI=1S/C27H24N2O2/c30-27(29-28-25-17-22-9-6-11-23(22)25)21-15-13-19(14-16-21)18-31-26-12-5-4-10-24(26)20-7-2-1-3-8-20/h1-10,12-16,22-23H,11,17-18H2,(H,29,30)/b28-25-/t22-,23-/m0/s1. The third-order valence-electron chi connectivity index (χ3n) is 6.05. The monoisotopic (exact) mass is 408 g/mol. The number of nitrogens with zero attached hydrogens (tertiary/aromatic N) is 1. The van der Waals surface area contributed by atoms with Crippen LogP contribution in [-0.2, 0) is 6.61 Å². The molecule has 2 aliphatic carbocycles. The van der Waals surface area contributed by atoms with Crippen molar-refractivity contribution < 1.29 is 9.53 Å². The summed E-state index contributed by atoms with van der Waals surface area (Å²) in [5.41, 5.74) is 7.60. The average molecular weight is 409 g/mol. The summed E-state index contributed by atoms with van der Waals surface area (Å²) in [6.45, 7) is 0.435. The average Bonchev–Trinajstić information content (AvgIpc) is 3.19. The van der Waals surface area contributed by atoms with Crippen LogP contribution in [0.2, 0.25) is 0 Å². The van der Waals surface area contributed by atoms with Crippen LogP contribution in [0.15, 0.2) is 96.1 Å². The van der Waals surface area contributed by atoms with Crippen LogP contribution in [0, 0.1) is 11.8 Å². The molecule has 31 heavy (non-hydrogen) atoms. The zero-order chi connectivity index (χ0) is 21.0. The first kappa shape index (κ1) is 19.3.